The summed E-state index contributed by atoms with van der Waals surface area (Å²) in [6, 6.07) is 16.1. The van der Waals surface area contributed by atoms with Crippen molar-refractivity contribution in [3.05, 3.63) is 141 Å². The van der Waals surface area contributed by atoms with Gasteiger partial charge in [-0.15, -0.1) is 0 Å². The average Bonchev–Trinajstić information content (AvgIpc) is 4.14. The molecule has 1 N–H and O–H groups in total. The van der Waals surface area contributed by atoms with Crippen LogP contribution < -0.4 is 9.64 Å². The van der Waals surface area contributed by atoms with Gasteiger partial charge in [0, 0.05) is 122 Å². The van der Waals surface area contributed by atoms with Gasteiger partial charge in [0.2, 0.25) is 5.78 Å². The van der Waals surface area contributed by atoms with E-state index in [0.29, 0.717) is 75.9 Å². The highest BCUT2D eigenvalue weighted by Crippen LogP contribution is 2.39. The number of nitrogens with zero attached hydrogens (tertiary/aromatic N) is 8. The molecule has 2 aromatic carbocycles. The Bertz CT molecular complexity index is 3020. The number of ether oxygens (including phenoxy) is 1. The normalized spacial score (nSPS) is 13.8. The van der Waals surface area contributed by atoms with Crippen LogP contribution >= 0.6 is 0 Å². The molecule has 69 heavy (non-hydrogen) atoms. The molecule has 0 saturated heterocycles. The summed E-state index contributed by atoms with van der Waals surface area (Å²) in [6.07, 6.45) is 12.1. The lowest BCUT2D eigenvalue weighted by atomic mass is 10.1. The molecular weight excluding hydrogens is 877 g/mol. The summed E-state index contributed by atoms with van der Waals surface area (Å²) >= 11 is 0. The van der Waals surface area contributed by atoms with E-state index >= 15 is 0 Å². The summed E-state index contributed by atoms with van der Waals surface area (Å²) in [4.78, 5) is 92.9. The molecule has 0 radical (unpaired) electrons. The second-order valence-corrected chi connectivity index (χ2v) is 18.2. The number of unbranched alkanes of at least 4 members (excludes halogenated alkanes) is 1. The Balaban J connectivity index is 0.815. The van der Waals surface area contributed by atoms with Crippen LogP contribution in [0.5, 0.6) is 5.75 Å². The predicted molar refractivity (Wildman–Crippen MR) is 260 cm³/mol. The molecule has 0 spiro atoms. The number of para-hydroxylation sites is 1. The zero-order valence-corrected chi connectivity index (χ0v) is 40.0. The van der Waals surface area contributed by atoms with Crippen molar-refractivity contribution in [3.8, 4) is 5.75 Å². The highest BCUT2D eigenvalue weighted by Gasteiger charge is 2.36. The third-order valence-electron chi connectivity index (χ3n) is 12.9. The number of imidazole rings is 1. The first kappa shape index (κ1) is 48.0. The highest BCUT2D eigenvalue weighted by molar-refractivity contribution is 6.14. The number of fused-ring (bicyclic) bond motifs is 4. The van der Waals surface area contributed by atoms with Gasteiger partial charge in [0.1, 0.15) is 17.2 Å². The molecule has 8 rings (SSSR count). The minimum Gasteiger partial charge on any atom is -0.493 e. The Morgan fingerprint density at radius 2 is 1.39 bits per heavy atom. The van der Waals surface area contributed by atoms with Gasteiger partial charge in [-0.1, -0.05) is 31.5 Å². The van der Waals surface area contributed by atoms with Crippen molar-refractivity contribution < 1.29 is 38.6 Å². The maximum atomic E-state index is 13.7. The molecule has 0 saturated carbocycles. The van der Waals surface area contributed by atoms with Crippen molar-refractivity contribution in [3.63, 3.8) is 0 Å². The predicted octanol–water partition coefficient (Wildman–Crippen LogP) is 6.33. The number of carbonyl (C=O) groups excluding carboxylic acids is 6. The van der Waals surface area contributed by atoms with Crippen LogP contribution in [0.3, 0.4) is 0 Å². The Morgan fingerprint density at radius 1 is 0.768 bits per heavy atom. The van der Waals surface area contributed by atoms with Crippen molar-refractivity contribution in [1.29, 1.82) is 0 Å². The molecule has 4 aromatic heterocycles. The zero-order chi connectivity index (χ0) is 49.1. The zero-order valence-electron chi connectivity index (χ0n) is 40.0. The molecule has 2 aliphatic heterocycles. The van der Waals surface area contributed by atoms with Gasteiger partial charge < -0.3 is 33.0 Å². The molecule has 1 atom stereocenters. The van der Waals surface area contributed by atoms with Crippen LogP contribution in [0.2, 0.25) is 0 Å². The summed E-state index contributed by atoms with van der Waals surface area (Å²) < 4.78 is 12.8. The molecule has 6 aromatic rings. The van der Waals surface area contributed by atoms with Gasteiger partial charge >= 0.3 is 0 Å². The number of ketones is 4. The van der Waals surface area contributed by atoms with E-state index in [4.69, 9.17) is 4.74 Å². The Morgan fingerprint density at radius 3 is 2.04 bits per heavy atom. The van der Waals surface area contributed by atoms with E-state index in [1.165, 1.54) is 0 Å². The number of aryl methyl sites for hydroxylation is 4. The molecule has 0 aliphatic carbocycles. The molecule has 16 nitrogen and oxygen atoms in total. The number of amides is 2. The fraction of sp³-hybridized carbons (Fsp3) is 0.358. The van der Waals surface area contributed by atoms with E-state index in [-0.39, 0.29) is 92.1 Å². The average molecular weight is 935 g/mol. The Labute approximate surface area is 400 Å². The molecule has 0 fully saturated rings. The lowest BCUT2D eigenvalue weighted by molar-refractivity contribution is -0.118. The number of carbonyl (C=O) groups is 6. The van der Waals surface area contributed by atoms with Crippen molar-refractivity contribution in [2.45, 2.75) is 77.4 Å². The number of aliphatic imine (C=N–C) groups is 1. The van der Waals surface area contributed by atoms with Crippen LogP contribution in [0.25, 0.3) is 0 Å². The second kappa shape index (κ2) is 20.4. The first-order valence-electron chi connectivity index (χ1n) is 23.3. The minimum atomic E-state index is -0.343. The third kappa shape index (κ3) is 10.4. The molecule has 1 unspecified atom stereocenters. The second-order valence-electron chi connectivity index (χ2n) is 18.2. The summed E-state index contributed by atoms with van der Waals surface area (Å²) in [5.74, 6) is -0.342. The van der Waals surface area contributed by atoms with Gasteiger partial charge in [-0.2, -0.15) is 0 Å². The van der Waals surface area contributed by atoms with Crippen LogP contribution in [0, 0.1) is 0 Å². The van der Waals surface area contributed by atoms with E-state index in [0.717, 1.165) is 29.7 Å². The van der Waals surface area contributed by atoms with Crippen molar-refractivity contribution in [1.82, 2.24) is 28.2 Å². The molecule has 16 heteroatoms. The maximum Gasteiger partial charge on any atom is 0.270 e. The van der Waals surface area contributed by atoms with Gasteiger partial charge in [0.15, 0.2) is 17.4 Å². The summed E-state index contributed by atoms with van der Waals surface area (Å²) in [7, 11) is 8.79. The summed E-state index contributed by atoms with van der Waals surface area (Å²) in [5, 5.41) is 10.2. The fourth-order valence-corrected chi connectivity index (χ4v) is 9.32. The number of aliphatic hydroxyl groups excluding tert-OH is 1. The number of rotatable bonds is 21. The Kier molecular flexibility index (Phi) is 14.2. The lowest BCUT2D eigenvalue weighted by Crippen LogP contribution is -2.37. The van der Waals surface area contributed by atoms with Gasteiger partial charge in [0.25, 0.3) is 11.8 Å². The van der Waals surface area contributed by atoms with Crippen LogP contribution in [-0.4, -0.2) is 101 Å². The minimum absolute atomic E-state index is 0.00665. The topological polar surface area (TPSA) is 183 Å². The van der Waals surface area contributed by atoms with Gasteiger partial charge in [0.05, 0.1) is 54.0 Å². The van der Waals surface area contributed by atoms with Gasteiger partial charge in [-0.3, -0.25) is 38.7 Å². The molecule has 2 amide bonds. The van der Waals surface area contributed by atoms with E-state index in [1.807, 2.05) is 24.3 Å². The van der Waals surface area contributed by atoms with E-state index in [9.17, 15) is 33.9 Å². The smallest absolute Gasteiger partial charge is 0.270 e. The number of hydrogen-bond acceptors (Lipinski definition) is 10. The molecule has 0 bridgehead atoms. The SMILES string of the molecule is CCCCN(C)C(=O)c1cc(CC(=O)c2cc(CC(=O)c3cc(CC(=O)c4nc(CC(=O)CCCOc5cc6c(cc5CO)C(=O)N5c7ccccc7CC5C=N6)cn4C)cn3C)cn2C)cn1C. The monoisotopic (exact) mass is 934 g/mol. The van der Waals surface area contributed by atoms with Crippen LogP contribution in [-0.2, 0) is 71.7 Å². The first-order chi connectivity index (χ1) is 33.1. The molecule has 6 heterocycles. The number of anilines is 1. The van der Waals surface area contributed by atoms with Crippen molar-refractivity contribution in [2.75, 3.05) is 25.1 Å². The molecule has 2 aliphatic rings. The fourth-order valence-electron chi connectivity index (χ4n) is 9.32. The highest BCUT2D eigenvalue weighted by atomic mass is 16.5. The van der Waals surface area contributed by atoms with Gasteiger partial charge in [-0.25, -0.2) is 4.98 Å². The van der Waals surface area contributed by atoms with Crippen LogP contribution in [0.15, 0.2) is 84.4 Å². The van der Waals surface area contributed by atoms with Crippen LogP contribution in [0.1, 0.15) is 119 Å². The largest absolute Gasteiger partial charge is 0.493 e. The van der Waals surface area contributed by atoms with E-state index in [1.54, 1.807) is 125 Å². The van der Waals surface area contributed by atoms with Crippen molar-refractivity contribution in [2.24, 2.45) is 33.2 Å². The van der Waals surface area contributed by atoms with E-state index < -0.39 is 0 Å². The molecule has 358 valence electrons. The summed E-state index contributed by atoms with van der Waals surface area (Å²) in [6.45, 7) is 2.58. The Hall–Kier alpha value is -7.46. The van der Waals surface area contributed by atoms with Gasteiger partial charge in [-0.05, 0) is 65.4 Å². The lowest BCUT2D eigenvalue weighted by Gasteiger charge is -2.22. The number of aliphatic hydroxyl groups is 1. The number of benzene rings is 2. The number of Topliss-reactive ketones (excluding diaryl/α,β-unsaturated/α-hetero) is 4. The van der Waals surface area contributed by atoms with E-state index in [2.05, 4.69) is 16.9 Å². The maximum absolute atomic E-state index is 13.7. The third-order valence-corrected chi connectivity index (χ3v) is 12.9. The number of aromatic nitrogens is 5. The standard InChI is InChI=1S/C53H58N8O8/c1-7-8-15-56(2)53(68)46-19-35(30-59(46)5)21-48(65)44-17-33(28-57(44)3)20-47(64)45-18-34(29-58(45)4)22-49(66)51-55-38(31-60(51)6)25-40(63)13-11-16-69-50-26-42-41(24-37(50)32-62)52(67)61-39(27-54-42)23-36-12-9-10-14-43(36)61/h9-10,12,14,17-19,24,26-31,39,62H,7-8,11,13,15-16,20-23,25,32H2,1-6H3. The summed E-state index contributed by atoms with van der Waals surface area (Å²) in [5.41, 5.74) is 7.13. The van der Waals surface area contributed by atoms with Crippen LogP contribution in [0.4, 0.5) is 11.4 Å². The number of hydrogen-bond donors (Lipinski definition) is 1. The molecular formula is C53H58N8O8. The first-order valence-corrected chi connectivity index (χ1v) is 23.3. The van der Waals surface area contributed by atoms with Crippen molar-refractivity contribution >= 4 is 52.5 Å². The quantitative estimate of drug-likeness (QED) is 0.0637.